The van der Waals surface area contributed by atoms with Crippen LogP contribution in [0.2, 0.25) is 0 Å². The monoisotopic (exact) mass is 313 g/mol. The molecule has 0 aliphatic heterocycles. The SMILES string of the molecule is CCNC(CC)C(C)Cc1ccc(OC)c(Br)c1. The van der Waals surface area contributed by atoms with Crippen LogP contribution in [-0.4, -0.2) is 19.7 Å². The van der Waals surface area contributed by atoms with E-state index in [0.29, 0.717) is 12.0 Å². The summed E-state index contributed by atoms with van der Waals surface area (Å²) in [4.78, 5) is 0. The largest absolute Gasteiger partial charge is 0.496 e. The van der Waals surface area contributed by atoms with Crippen molar-refractivity contribution in [3.63, 3.8) is 0 Å². The Labute approximate surface area is 119 Å². The smallest absolute Gasteiger partial charge is 0.133 e. The van der Waals surface area contributed by atoms with Crippen molar-refractivity contribution < 1.29 is 4.74 Å². The van der Waals surface area contributed by atoms with E-state index >= 15 is 0 Å². The molecule has 3 heteroatoms. The predicted molar refractivity (Wildman–Crippen MR) is 81.3 cm³/mol. The number of hydrogen-bond acceptors (Lipinski definition) is 2. The van der Waals surface area contributed by atoms with Crippen molar-refractivity contribution in [3.05, 3.63) is 28.2 Å². The van der Waals surface area contributed by atoms with Crippen LogP contribution in [0.4, 0.5) is 0 Å². The molecule has 0 aromatic heterocycles. The molecule has 1 aromatic rings. The second-order valence-corrected chi connectivity index (χ2v) is 5.58. The Morgan fingerprint density at radius 1 is 1.33 bits per heavy atom. The maximum absolute atomic E-state index is 5.25. The van der Waals surface area contributed by atoms with E-state index in [1.807, 2.05) is 6.07 Å². The van der Waals surface area contributed by atoms with Gasteiger partial charge in [-0.15, -0.1) is 0 Å². The Kier molecular flexibility index (Phi) is 6.72. The molecule has 18 heavy (non-hydrogen) atoms. The second kappa shape index (κ2) is 7.80. The quantitative estimate of drug-likeness (QED) is 0.820. The molecule has 1 aromatic carbocycles. The van der Waals surface area contributed by atoms with Crippen molar-refractivity contribution in [1.29, 1.82) is 0 Å². The van der Waals surface area contributed by atoms with Gasteiger partial charge in [-0.1, -0.05) is 26.8 Å². The first kappa shape index (κ1) is 15.5. The fourth-order valence-electron chi connectivity index (χ4n) is 2.36. The van der Waals surface area contributed by atoms with Crippen molar-refractivity contribution >= 4 is 15.9 Å². The average Bonchev–Trinajstić information content (AvgIpc) is 2.36. The number of methoxy groups -OCH3 is 1. The minimum Gasteiger partial charge on any atom is -0.496 e. The zero-order valence-electron chi connectivity index (χ0n) is 11.8. The van der Waals surface area contributed by atoms with Crippen LogP contribution in [0.3, 0.4) is 0 Å². The molecular weight excluding hydrogens is 290 g/mol. The van der Waals surface area contributed by atoms with Crippen LogP contribution in [0.15, 0.2) is 22.7 Å². The molecule has 2 unspecified atom stereocenters. The Morgan fingerprint density at radius 3 is 2.56 bits per heavy atom. The first-order chi connectivity index (χ1) is 8.62. The zero-order chi connectivity index (χ0) is 13.5. The maximum atomic E-state index is 5.25. The Balaban J connectivity index is 2.68. The van der Waals surface area contributed by atoms with Gasteiger partial charge in [0.05, 0.1) is 11.6 Å². The number of rotatable bonds is 7. The summed E-state index contributed by atoms with van der Waals surface area (Å²) in [7, 11) is 1.70. The van der Waals surface area contributed by atoms with Gasteiger partial charge in [0, 0.05) is 6.04 Å². The molecule has 1 rings (SSSR count). The summed E-state index contributed by atoms with van der Waals surface area (Å²) >= 11 is 3.54. The third kappa shape index (κ3) is 4.29. The van der Waals surface area contributed by atoms with Crippen molar-refractivity contribution in [2.75, 3.05) is 13.7 Å². The van der Waals surface area contributed by atoms with Gasteiger partial charge in [0.1, 0.15) is 5.75 Å². The average molecular weight is 314 g/mol. The van der Waals surface area contributed by atoms with Crippen LogP contribution >= 0.6 is 15.9 Å². The number of halogens is 1. The standard InChI is InChI=1S/C15H24BrNO/c1-5-14(17-6-2)11(3)9-12-7-8-15(18-4)13(16)10-12/h7-8,10-11,14,17H,5-6,9H2,1-4H3. The first-order valence-corrected chi connectivity index (χ1v) is 7.47. The molecule has 0 fully saturated rings. The van der Waals surface area contributed by atoms with E-state index in [2.05, 4.69) is 54.2 Å². The van der Waals surface area contributed by atoms with Crippen molar-refractivity contribution in [2.45, 2.75) is 39.7 Å². The summed E-state index contributed by atoms with van der Waals surface area (Å²) < 4.78 is 6.29. The highest BCUT2D eigenvalue weighted by atomic mass is 79.9. The molecular formula is C15H24BrNO. The van der Waals surface area contributed by atoms with Crippen molar-refractivity contribution in [1.82, 2.24) is 5.32 Å². The molecule has 0 bridgehead atoms. The van der Waals surface area contributed by atoms with E-state index in [1.165, 1.54) is 12.0 Å². The molecule has 1 N–H and O–H groups in total. The topological polar surface area (TPSA) is 21.3 Å². The van der Waals surface area contributed by atoms with Gasteiger partial charge < -0.3 is 10.1 Å². The molecule has 2 nitrogen and oxygen atoms in total. The lowest BCUT2D eigenvalue weighted by Gasteiger charge is -2.23. The van der Waals surface area contributed by atoms with E-state index in [4.69, 9.17) is 4.74 Å². The summed E-state index contributed by atoms with van der Waals surface area (Å²) in [6.45, 7) is 7.76. The molecule has 0 aliphatic rings. The summed E-state index contributed by atoms with van der Waals surface area (Å²) in [5.41, 5.74) is 1.35. The van der Waals surface area contributed by atoms with Crippen LogP contribution in [0, 0.1) is 5.92 Å². The normalized spacial score (nSPS) is 14.3. The molecule has 0 saturated carbocycles. The van der Waals surface area contributed by atoms with E-state index in [1.54, 1.807) is 7.11 Å². The van der Waals surface area contributed by atoms with Gasteiger partial charge in [-0.3, -0.25) is 0 Å². The van der Waals surface area contributed by atoms with Crippen molar-refractivity contribution in [3.8, 4) is 5.75 Å². The lowest BCUT2D eigenvalue weighted by Crippen LogP contribution is -2.35. The molecule has 0 aliphatic carbocycles. The van der Waals surface area contributed by atoms with E-state index in [-0.39, 0.29) is 0 Å². The highest BCUT2D eigenvalue weighted by molar-refractivity contribution is 9.10. The summed E-state index contributed by atoms with van der Waals surface area (Å²) in [5.74, 6) is 1.53. The number of hydrogen-bond donors (Lipinski definition) is 1. The van der Waals surface area contributed by atoms with Gasteiger partial charge in [-0.25, -0.2) is 0 Å². The van der Waals surface area contributed by atoms with Crippen molar-refractivity contribution in [2.24, 2.45) is 5.92 Å². The van der Waals surface area contributed by atoms with Crippen LogP contribution in [0.25, 0.3) is 0 Å². The highest BCUT2D eigenvalue weighted by Gasteiger charge is 2.15. The summed E-state index contributed by atoms with van der Waals surface area (Å²) in [6.07, 6.45) is 2.26. The van der Waals surface area contributed by atoms with Crippen LogP contribution in [-0.2, 0) is 6.42 Å². The molecule has 0 spiro atoms. The van der Waals surface area contributed by atoms with E-state index in [9.17, 15) is 0 Å². The fourth-order valence-corrected chi connectivity index (χ4v) is 2.95. The van der Waals surface area contributed by atoms with Gasteiger partial charge in [-0.2, -0.15) is 0 Å². The Bertz CT molecular complexity index is 368. The van der Waals surface area contributed by atoms with E-state index < -0.39 is 0 Å². The minimum atomic E-state index is 0.593. The molecule has 0 amide bonds. The van der Waals surface area contributed by atoms with Gasteiger partial charge in [0.15, 0.2) is 0 Å². The number of nitrogens with one attached hydrogen (secondary N) is 1. The fraction of sp³-hybridized carbons (Fsp3) is 0.600. The Hall–Kier alpha value is -0.540. The van der Waals surface area contributed by atoms with Gasteiger partial charge in [0.2, 0.25) is 0 Å². The van der Waals surface area contributed by atoms with Gasteiger partial charge >= 0.3 is 0 Å². The Morgan fingerprint density at radius 2 is 2.06 bits per heavy atom. The first-order valence-electron chi connectivity index (χ1n) is 6.68. The van der Waals surface area contributed by atoms with E-state index in [0.717, 1.165) is 23.2 Å². The summed E-state index contributed by atoms with van der Waals surface area (Å²) in [6, 6.07) is 6.93. The number of ether oxygens (including phenoxy) is 1. The minimum absolute atomic E-state index is 0.593. The molecule has 2 atom stereocenters. The molecule has 0 radical (unpaired) electrons. The van der Waals surface area contributed by atoms with Gasteiger partial charge in [0.25, 0.3) is 0 Å². The summed E-state index contributed by atoms with van der Waals surface area (Å²) in [5, 5.41) is 3.55. The zero-order valence-corrected chi connectivity index (χ0v) is 13.4. The lowest BCUT2D eigenvalue weighted by atomic mass is 9.92. The van der Waals surface area contributed by atoms with Gasteiger partial charge in [-0.05, 0) is 58.9 Å². The lowest BCUT2D eigenvalue weighted by molar-refractivity contribution is 0.370. The maximum Gasteiger partial charge on any atom is 0.133 e. The van der Waals surface area contributed by atoms with Crippen LogP contribution in [0.5, 0.6) is 5.75 Å². The third-order valence-corrected chi connectivity index (χ3v) is 3.99. The number of benzene rings is 1. The molecule has 0 heterocycles. The molecule has 102 valence electrons. The molecule has 0 saturated heterocycles. The van der Waals surface area contributed by atoms with Crippen LogP contribution < -0.4 is 10.1 Å². The second-order valence-electron chi connectivity index (χ2n) is 4.72. The highest BCUT2D eigenvalue weighted by Crippen LogP contribution is 2.27. The predicted octanol–water partition coefficient (Wildman–Crippen LogP) is 4.02. The third-order valence-electron chi connectivity index (χ3n) is 3.37. The van der Waals surface area contributed by atoms with Crippen LogP contribution in [0.1, 0.15) is 32.8 Å².